The second-order valence-electron chi connectivity index (χ2n) is 6.34. The lowest BCUT2D eigenvalue weighted by molar-refractivity contribution is 0.106. The Hall–Kier alpha value is -2.99. The van der Waals surface area contributed by atoms with Crippen LogP contribution in [0.3, 0.4) is 0 Å². The highest BCUT2D eigenvalue weighted by Crippen LogP contribution is 2.18. The summed E-state index contributed by atoms with van der Waals surface area (Å²) in [4.78, 5) is 9.09. The van der Waals surface area contributed by atoms with Gasteiger partial charge in [-0.15, -0.1) is 0 Å². The minimum absolute atomic E-state index is 0.203. The highest BCUT2D eigenvalue weighted by atomic mass is 19.1. The lowest BCUT2D eigenvalue weighted by Gasteiger charge is -2.19. The van der Waals surface area contributed by atoms with Gasteiger partial charge in [-0.25, -0.2) is 9.38 Å². The second-order valence-corrected chi connectivity index (χ2v) is 6.34. The molecule has 0 amide bonds. The Morgan fingerprint density at radius 1 is 1.11 bits per heavy atom. The largest absolute Gasteiger partial charge is 0.375 e. The van der Waals surface area contributed by atoms with Crippen molar-refractivity contribution < 1.29 is 9.13 Å². The molecule has 6 heteroatoms. The number of ether oxygens (including phenoxy) is 1. The van der Waals surface area contributed by atoms with Crippen LogP contribution >= 0.6 is 0 Å². The van der Waals surface area contributed by atoms with Gasteiger partial charge in [0.15, 0.2) is 5.96 Å². The molecule has 2 N–H and O–H groups in total. The van der Waals surface area contributed by atoms with Gasteiger partial charge in [-0.1, -0.05) is 30.3 Å². The Morgan fingerprint density at radius 3 is 2.64 bits per heavy atom. The third-order valence-corrected chi connectivity index (χ3v) is 4.47. The number of para-hydroxylation sites is 1. The molecule has 1 aromatic heterocycles. The zero-order chi connectivity index (χ0) is 19.8. The summed E-state index contributed by atoms with van der Waals surface area (Å²) in [7, 11) is 1.64. The summed E-state index contributed by atoms with van der Waals surface area (Å²) in [6, 6.07) is 16.4. The molecule has 0 fully saturated rings. The fourth-order valence-corrected chi connectivity index (χ4v) is 3.00. The molecule has 1 atom stereocenters. The van der Waals surface area contributed by atoms with E-state index in [1.165, 1.54) is 12.1 Å². The SMILES string of the molecule is CCNC(=NCc1ccnc2ccccc12)NCC(OC)c1ccc(F)cc1. The Balaban J connectivity index is 1.70. The number of guanidine groups is 1. The zero-order valence-corrected chi connectivity index (χ0v) is 16.2. The van der Waals surface area contributed by atoms with Crippen molar-refractivity contribution in [2.75, 3.05) is 20.2 Å². The van der Waals surface area contributed by atoms with Gasteiger partial charge in [0.25, 0.3) is 0 Å². The molecule has 0 bridgehead atoms. The fourth-order valence-electron chi connectivity index (χ4n) is 3.00. The van der Waals surface area contributed by atoms with E-state index >= 15 is 0 Å². The summed E-state index contributed by atoms with van der Waals surface area (Å²) in [6.45, 7) is 3.82. The Bertz CT molecular complexity index is 922. The molecule has 0 aliphatic rings. The number of benzene rings is 2. The number of fused-ring (bicyclic) bond motifs is 1. The smallest absolute Gasteiger partial charge is 0.191 e. The van der Waals surface area contributed by atoms with Crippen molar-refractivity contribution in [1.29, 1.82) is 0 Å². The minimum atomic E-state index is -0.258. The summed E-state index contributed by atoms with van der Waals surface area (Å²) in [6.07, 6.45) is 1.61. The maximum Gasteiger partial charge on any atom is 0.191 e. The van der Waals surface area contributed by atoms with Crippen molar-refractivity contribution in [3.63, 3.8) is 0 Å². The Morgan fingerprint density at radius 2 is 1.89 bits per heavy atom. The topological polar surface area (TPSA) is 58.5 Å². The maximum atomic E-state index is 13.2. The van der Waals surface area contributed by atoms with Crippen LogP contribution in [0, 0.1) is 5.82 Å². The third kappa shape index (κ3) is 5.04. The first-order valence-corrected chi connectivity index (χ1v) is 9.34. The summed E-state index contributed by atoms with van der Waals surface area (Å²) in [5.41, 5.74) is 2.99. The van der Waals surface area contributed by atoms with Gasteiger partial charge in [0.2, 0.25) is 0 Å². The average molecular weight is 380 g/mol. The van der Waals surface area contributed by atoms with E-state index in [4.69, 9.17) is 9.73 Å². The first-order valence-electron chi connectivity index (χ1n) is 9.34. The van der Waals surface area contributed by atoms with E-state index in [1.54, 1.807) is 19.2 Å². The van der Waals surface area contributed by atoms with Crippen molar-refractivity contribution in [1.82, 2.24) is 15.6 Å². The van der Waals surface area contributed by atoms with Crippen molar-refractivity contribution in [2.24, 2.45) is 4.99 Å². The van der Waals surface area contributed by atoms with Crippen LogP contribution in [-0.4, -0.2) is 31.1 Å². The molecule has 3 aromatic rings. The molecular weight excluding hydrogens is 355 g/mol. The standard InChI is InChI=1S/C22H25FN4O/c1-3-24-22(27-15-21(28-2)16-8-10-18(23)11-9-16)26-14-17-12-13-25-20-7-5-4-6-19(17)20/h4-13,21H,3,14-15H2,1-2H3,(H2,24,26,27). The molecule has 146 valence electrons. The van der Waals surface area contributed by atoms with Gasteiger partial charge in [0, 0.05) is 31.8 Å². The van der Waals surface area contributed by atoms with E-state index in [0.29, 0.717) is 19.0 Å². The number of aromatic nitrogens is 1. The van der Waals surface area contributed by atoms with Crippen LogP contribution in [0.2, 0.25) is 0 Å². The zero-order valence-electron chi connectivity index (χ0n) is 16.2. The Kier molecular flexibility index (Phi) is 6.92. The van der Waals surface area contributed by atoms with Crippen LogP contribution in [0.4, 0.5) is 4.39 Å². The number of rotatable bonds is 7. The second kappa shape index (κ2) is 9.80. The quantitative estimate of drug-likeness (QED) is 0.483. The predicted molar refractivity (Wildman–Crippen MR) is 111 cm³/mol. The third-order valence-electron chi connectivity index (χ3n) is 4.47. The van der Waals surface area contributed by atoms with E-state index in [9.17, 15) is 4.39 Å². The van der Waals surface area contributed by atoms with Gasteiger partial charge >= 0.3 is 0 Å². The van der Waals surface area contributed by atoms with Gasteiger partial charge in [-0.3, -0.25) is 4.98 Å². The number of pyridine rings is 1. The normalized spacial score (nSPS) is 12.8. The van der Waals surface area contributed by atoms with Crippen molar-refractivity contribution in [3.05, 3.63) is 77.7 Å². The molecule has 1 unspecified atom stereocenters. The number of hydrogen-bond donors (Lipinski definition) is 2. The maximum absolute atomic E-state index is 13.2. The molecule has 0 saturated heterocycles. The summed E-state index contributed by atoms with van der Waals surface area (Å²) in [5, 5.41) is 7.66. The van der Waals surface area contributed by atoms with E-state index in [2.05, 4.69) is 21.7 Å². The Labute approximate surface area is 164 Å². The van der Waals surface area contributed by atoms with E-state index in [0.717, 1.165) is 28.6 Å². The van der Waals surface area contributed by atoms with Crippen LogP contribution in [0.25, 0.3) is 10.9 Å². The molecular formula is C22H25FN4O. The fraction of sp³-hybridized carbons (Fsp3) is 0.273. The van der Waals surface area contributed by atoms with E-state index in [1.807, 2.05) is 37.4 Å². The first kappa shape index (κ1) is 19.8. The molecule has 5 nitrogen and oxygen atoms in total. The van der Waals surface area contributed by atoms with Gasteiger partial charge < -0.3 is 15.4 Å². The van der Waals surface area contributed by atoms with Crippen LogP contribution in [0.5, 0.6) is 0 Å². The van der Waals surface area contributed by atoms with Crippen molar-refractivity contribution >= 4 is 16.9 Å². The van der Waals surface area contributed by atoms with E-state index in [-0.39, 0.29) is 11.9 Å². The molecule has 28 heavy (non-hydrogen) atoms. The van der Waals surface area contributed by atoms with Crippen LogP contribution < -0.4 is 10.6 Å². The molecule has 1 heterocycles. The highest BCUT2D eigenvalue weighted by Gasteiger charge is 2.11. The molecule has 0 aliphatic heterocycles. The summed E-state index contributed by atoms with van der Waals surface area (Å²) >= 11 is 0. The van der Waals surface area contributed by atoms with Gasteiger partial charge in [-0.05, 0) is 42.3 Å². The monoisotopic (exact) mass is 380 g/mol. The number of hydrogen-bond acceptors (Lipinski definition) is 3. The van der Waals surface area contributed by atoms with Crippen LogP contribution in [-0.2, 0) is 11.3 Å². The number of nitrogens with one attached hydrogen (secondary N) is 2. The molecule has 0 aliphatic carbocycles. The van der Waals surface area contributed by atoms with E-state index < -0.39 is 0 Å². The van der Waals surface area contributed by atoms with Crippen LogP contribution in [0.15, 0.2) is 65.8 Å². The molecule has 0 spiro atoms. The molecule has 0 radical (unpaired) electrons. The van der Waals surface area contributed by atoms with Gasteiger partial charge in [0.1, 0.15) is 5.82 Å². The number of methoxy groups -OCH3 is 1. The number of aliphatic imine (C=N–C) groups is 1. The minimum Gasteiger partial charge on any atom is -0.375 e. The predicted octanol–water partition coefficient (Wildman–Crippen LogP) is 3.82. The first-order chi connectivity index (χ1) is 13.7. The summed E-state index contributed by atoms with van der Waals surface area (Å²) in [5.74, 6) is 0.443. The van der Waals surface area contributed by atoms with Gasteiger partial charge in [0.05, 0.1) is 18.2 Å². The molecule has 2 aromatic carbocycles. The lowest BCUT2D eigenvalue weighted by Crippen LogP contribution is -2.39. The highest BCUT2D eigenvalue weighted by molar-refractivity contribution is 5.83. The molecule has 3 rings (SSSR count). The number of nitrogens with zero attached hydrogens (tertiary/aromatic N) is 2. The van der Waals surface area contributed by atoms with Crippen LogP contribution in [0.1, 0.15) is 24.2 Å². The summed E-state index contributed by atoms with van der Waals surface area (Å²) < 4.78 is 18.7. The molecule has 0 saturated carbocycles. The van der Waals surface area contributed by atoms with Gasteiger partial charge in [-0.2, -0.15) is 0 Å². The average Bonchev–Trinajstić information content (AvgIpc) is 2.73. The lowest BCUT2D eigenvalue weighted by atomic mass is 10.1. The number of halogens is 1. The van der Waals surface area contributed by atoms with Crippen molar-refractivity contribution in [2.45, 2.75) is 19.6 Å². The van der Waals surface area contributed by atoms with Crippen molar-refractivity contribution in [3.8, 4) is 0 Å².